The lowest BCUT2D eigenvalue weighted by Crippen LogP contribution is -2.17. The van der Waals surface area contributed by atoms with Gasteiger partial charge in [-0.1, -0.05) is 12.1 Å². The molecule has 0 saturated carbocycles. The minimum Gasteiger partial charge on any atom is -0.435 e. The number of halogens is 2. The normalized spacial score (nSPS) is 12.1. The standard InChI is InChI=1S/C15H14F2N2OS/c1-10(19-9-14-6-5-13(8-18)21-14)11-3-2-4-12(7-11)20-15(16)17/h2-7,10,15,19H,9H2,1H3. The molecule has 0 aliphatic carbocycles. The molecule has 2 aromatic rings. The van der Waals surface area contributed by atoms with E-state index in [1.54, 1.807) is 18.2 Å². The van der Waals surface area contributed by atoms with Gasteiger partial charge in [0.1, 0.15) is 16.7 Å². The van der Waals surface area contributed by atoms with E-state index in [-0.39, 0.29) is 11.8 Å². The highest BCUT2D eigenvalue weighted by molar-refractivity contribution is 7.12. The summed E-state index contributed by atoms with van der Waals surface area (Å²) in [6.07, 6.45) is 0. The van der Waals surface area contributed by atoms with E-state index in [1.165, 1.54) is 17.4 Å². The summed E-state index contributed by atoms with van der Waals surface area (Å²) in [5, 5.41) is 12.1. The van der Waals surface area contributed by atoms with Gasteiger partial charge in [-0.15, -0.1) is 11.3 Å². The molecule has 0 aliphatic heterocycles. The lowest BCUT2D eigenvalue weighted by Gasteiger charge is -2.15. The highest BCUT2D eigenvalue weighted by Crippen LogP contribution is 2.22. The van der Waals surface area contributed by atoms with E-state index in [2.05, 4.69) is 16.1 Å². The summed E-state index contributed by atoms with van der Waals surface area (Å²) in [6.45, 7) is -0.257. The van der Waals surface area contributed by atoms with Gasteiger partial charge in [0, 0.05) is 17.5 Å². The Morgan fingerprint density at radius 1 is 1.33 bits per heavy atom. The molecular weight excluding hydrogens is 294 g/mol. The predicted octanol–water partition coefficient (Wildman–Crippen LogP) is 4.07. The van der Waals surface area contributed by atoms with Gasteiger partial charge in [0.05, 0.1) is 0 Å². The quantitative estimate of drug-likeness (QED) is 0.875. The second kappa shape index (κ2) is 7.16. The molecule has 0 amide bonds. The number of benzene rings is 1. The van der Waals surface area contributed by atoms with Gasteiger partial charge in [0.2, 0.25) is 0 Å². The zero-order chi connectivity index (χ0) is 15.2. The molecule has 3 nitrogen and oxygen atoms in total. The Balaban J connectivity index is 1.96. The topological polar surface area (TPSA) is 45.0 Å². The molecule has 0 radical (unpaired) electrons. The largest absolute Gasteiger partial charge is 0.435 e. The predicted molar refractivity (Wildman–Crippen MR) is 77.4 cm³/mol. The number of hydrogen-bond donors (Lipinski definition) is 1. The fraction of sp³-hybridized carbons (Fsp3) is 0.267. The van der Waals surface area contributed by atoms with Crippen LogP contribution in [-0.4, -0.2) is 6.61 Å². The molecule has 1 unspecified atom stereocenters. The fourth-order valence-electron chi connectivity index (χ4n) is 1.86. The number of nitrogens with one attached hydrogen (secondary N) is 1. The molecular formula is C15H14F2N2OS. The van der Waals surface area contributed by atoms with Crippen LogP contribution in [0.25, 0.3) is 0 Å². The Kier molecular flexibility index (Phi) is 5.26. The Labute approximate surface area is 125 Å². The maximum Gasteiger partial charge on any atom is 0.387 e. The third kappa shape index (κ3) is 4.52. The summed E-state index contributed by atoms with van der Waals surface area (Å²) >= 11 is 1.43. The number of hydrogen-bond acceptors (Lipinski definition) is 4. The summed E-state index contributed by atoms with van der Waals surface area (Å²) in [5.74, 6) is 0.152. The van der Waals surface area contributed by atoms with Crippen molar-refractivity contribution < 1.29 is 13.5 Å². The number of nitriles is 1. The third-order valence-corrected chi connectivity index (χ3v) is 3.93. The summed E-state index contributed by atoms with van der Waals surface area (Å²) in [4.78, 5) is 1.73. The van der Waals surface area contributed by atoms with Crippen molar-refractivity contribution >= 4 is 11.3 Å². The SMILES string of the molecule is CC(NCc1ccc(C#N)s1)c1cccc(OC(F)F)c1. The number of rotatable bonds is 6. The molecule has 1 N–H and O–H groups in total. The smallest absolute Gasteiger partial charge is 0.387 e. The van der Waals surface area contributed by atoms with Crippen LogP contribution in [0.4, 0.5) is 8.78 Å². The van der Waals surface area contributed by atoms with Crippen LogP contribution in [0.5, 0.6) is 5.75 Å². The first-order chi connectivity index (χ1) is 10.1. The Morgan fingerprint density at radius 2 is 2.14 bits per heavy atom. The van der Waals surface area contributed by atoms with Crippen molar-refractivity contribution in [2.45, 2.75) is 26.1 Å². The summed E-state index contributed by atoms with van der Waals surface area (Å²) in [6, 6.07) is 12.4. The fourth-order valence-corrected chi connectivity index (χ4v) is 2.62. The van der Waals surface area contributed by atoms with Crippen LogP contribution in [0.15, 0.2) is 36.4 Å². The van der Waals surface area contributed by atoms with E-state index in [0.717, 1.165) is 10.4 Å². The zero-order valence-electron chi connectivity index (χ0n) is 11.3. The van der Waals surface area contributed by atoms with E-state index >= 15 is 0 Å². The summed E-state index contributed by atoms with van der Waals surface area (Å²) in [5.41, 5.74) is 0.866. The first-order valence-electron chi connectivity index (χ1n) is 6.35. The van der Waals surface area contributed by atoms with Crippen LogP contribution in [-0.2, 0) is 6.54 Å². The van der Waals surface area contributed by atoms with Crippen molar-refractivity contribution in [1.29, 1.82) is 5.26 Å². The van der Waals surface area contributed by atoms with Gasteiger partial charge in [-0.05, 0) is 36.8 Å². The average Bonchev–Trinajstić information content (AvgIpc) is 2.92. The summed E-state index contributed by atoms with van der Waals surface area (Å²) < 4.78 is 28.8. The monoisotopic (exact) mass is 308 g/mol. The molecule has 1 aromatic carbocycles. The minimum atomic E-state index is -2.82. The average molecular weight is 308 g/mol. The van der Waals surface area contributed by atoms with Crippen molar-refractivity contribution in [3.63, 3.8) is 0 Å². The molecule has 0 aliphatic rings. The molecule has 0 bridgehead atoms. The Bertz CT molecular complexity index is 637. The van der Waals surface area contributed by atoms with E-state index in [9.17, 15) is 8.78 Å². The second-order valence-corrected chi connectivity index (χ2v) is 5.60. The van der Waals surface area contributed by atoms with Crippen molar-refractivity contribution in [1.82, 2.24) is 5.32 Å². The van der Waals surface area contributed by atoms with Crippen LogP contribution in [0.2, 0.25) is 0 Å². The van der Waals surface area contributed by atoms with Gasteiger partial charge in [-0.2, -0.15) is 14.0 Å². The number of nitrogens with zero attached hydrogens (tertiary/aromatic N) is 1. The van der Waals surface area contributed by atoms with E-state index in [1.807, 2.05) is 19.1 Å². The first kappa shape index (κ1) is 15.4. The lowest BCUT2D eigenvalue weighted by atomic mass is 10.1. The van der Waals surface area contributed by atoms with Crippen LogP contribution < -0.4 is 10.1 Å². The molecule has 110 valence electrons. The molecule has 21 heavy (non-hydrogen) atoms. The highest BCUT2D eigenvalue weighted by atomic mass is 32.1. The van der Waals surface area contributed by atoms with Gasteiger partial charge in [0.15, 0.2) is 0 Å². The Hall–Kier alpha value is -1.97. The number of ether oxygens (including phenoxy) is 1. The van der Waals surface area contributed by atoms with Gasteiger partial charge >= 0.3 is 6.61 Å². The van der Waals surface area contributed by atoms with Gasteiger partial charge in [0.25, 0.3) is 0 Å². The van der Waals surface area contributed by atoms with Gasteiger partial charge < -0.3 is 10.1 Å². The third-order valence-electron chi connectivity index (χ3n) is 2.94. The van der Waals surface area contributed by atoms with Crippen LogP contribution in [0, 0.1) is 11.3 Å². The van der Waals surface area contributed by atoms with E-state index < -0.39 is 6.61 Å². The molecule has 1 heterocycles. The minimum absolute atomic E-state index is 0.0149. The van der Waals surface area contributed by atoms with Gasteiger partial charge in [-0.25, -0.2) is 0 Å². The van der Waals surface area contributed by atoms with Crippen LogP contribution in [0.3, 0.4) is 0 Å². The molecule has 0 fully saturated rings. The molecule has 0 saturated heterocycles. The van der Waals surface area contributed by atoms with E-state index in [0.29, 0.717) is 11.4 Å². The maximum atomic E-state index is 12.2. The van der Waals surface area contributed by atoms with Gasteiger partial charge in [-0.3, -0.25) is 0 Å². The molecule has 1 aromatic heterocycles. The van der Waals surface area contributed by atoms with Crippen molar-refractivity contribution in [3.05, 3.63) is 51.7 Å². The zero-order valence-corrected chi connectivity index (χ0v) is 12.2. The lowest BCUT2D eigenvalue weighted by molar-refractivity contribution is -0.0499. The highest BCUT2D eigenvalue weighted by Gasteiger charge is 2.09. The molecule has 1 atom stereocenters. The molecule has 0 spiro atoms. The second-order valence-electron chi connectivity index (χ2n) is 4.43. The number of thiophene rings is 1. The Morgan fingerprint density at radius 3 is 2.81 bits per heavy atom. The number of alkyl halides is 2. The maximum absolute atomic E-state index is 12.2. The molecule has 6 heteroatoms. The van der Waals surface area contributed by atoms with Crippen molar-refractivity contribution in [2.24, 2.45) is 0 Å². The molecule has 2 rings (SSSR count). The van der Waals surface area contributed by atoms with Crippen molar-refractivity contribution in [2.75, 3.05) is 0 Å². The van der Waals surface area contributed by atoms with E-state index in [4.69, 9.17) is 5.26 Å². The van der Waals surface area contributed by atoms with Crippen LogP contribution in [0.1, 0.15) is 28.3 Å². The van der Waals surface area contributed by atoms with Crippen molar-refractivity contribution in [3.8, 4) is 11.8 Å². The van der Waals surface area contributed by atoms with Crippen LogP contribution >= 0.6 is 11.3 Å². The summed E-state index contributed by atoms with van der Waals surface area (Å²) in [7, 11) is 0. The first-order valence-corrected chi connectivity index (χ1v) is 7.17.